The largest absolute Gasteiger partial charge is 0.613 e. The lowest BCUT2D eigenvalue weighted by Gasteiger charge is -2.34. The predicted molar refractivity (Wildman–Crippen MR) is 45.9 cm³/mol. The quantitative estimate of drug-likeness (QED) is 0.417. The highest BCUT2D eigenvalue weighted by molar-refractivity contribution is 7.09. The average Bonchev–Trinajstić information content (AvgIpc) is 1.93. The van der Waals surface area contributed by atoms with Crippen LogP contribution < -0.4 is 0 Å². The Balaban J connectivity index is 2.06. The number of nitrogens with zero attached hydrogens (tertiary/aromatic N) is 1. The highest BCUT2D eigenvalue weighted by atomic mass is 35.6. The van der Waals surface area contributed by atoms with Crippen molar-refractivity contribution in [2.24, 2.45) is 0 Å². The minimum atomic E-state index is -2.74. The van der Waals surface area contributed by atoms with Crippen molar-refractivity contribution in [1.82, 2.24) is 4.90 Å². The fourth-order valence-electron chi connectivity index (χ4n) is 1.35. The Kier molecular flexibility index (Phi) is 2.68. The summed E-state index contributed by atoms with van der Waals surface area (Å²) in [6.07, 6.45) is 0. The van der Waals surface area contributed by atoms with Crippen molar-refractivity contribution in [2.45, 2.75) is 0 Å². The molecule has 4 nitrogen and oxygen atoms in total. The van der Waals surface area contributed by atoms with Crippen LogP contribution in [0, 0.1) is 0 Å². The number of rotatable bonds is 0. The first kappa shape index (κ1) is 8.92. The number of hydrogen-bond acceptors (Lipinski definition) is 4. The van der Waals surface area contributed by atoms with E-state index in [1.54, 1.807) is 0 Å². The van der Waals surface area contributed by atoms with Crippen molar-refractivity contribution < 1.29 is 13.3 Å². The Hall–Kier alpha value is 0.347. The molecule has 0 saturated carbocycles. The summed E-state index contributed by atoms with van der Waals surface area (Å²) in [5.74, 6) is 0. The molecule has 0 aromatic rings. The van der Waals surface area contributed by atoms with Gasteiger partial charge >= 0.3 is 8.11 Å². The summed E-state index contributed by atoms with van der Waals surface area (Å²) in [4.78, 5) is 2.25. The maximum atomic E-state index is 6.03. The fourth-order valence-corrected chi connectivity index (χ4v) is 3.30. The molecule has 0 aliphatic carbocycles. The van der Waals surface area contributed by atoms with Crippen molar-refractivity contribution >= 4 is 19.2 Å². The molecule has 0 aromatic heterocycles. The molecule has 3 rings (SSSR count). The summed E-state index contributed by atoms with van der Waals surface area (Å²) < 4.78 is 16.1. The van der Waals surface area contributed by atoms with E-state index in [1.807, 2.05) is 0 Å². The van der Waals surface area contributed by atoms with E-state index in [0.717, 1.165) is 19.6 Å². The zero-order chi connectivity index (χ0) is 8.44. The molecule has 0 aromatic carbocycles. The third-order valence-corrected chi connectivity index (χ3v) is 4.67. The molecule has 12 heavy (non-hydrogen) atoms. The number of halogens is 1. The smallest absolute Gasteiger partial charge is 0.360 e. The van der Waals surface area contributed by atoms with E-state index in [0.29, 0.717) is 19.8 Å². The maximum absolute atomic E-state index is 6.03. The zero-order valence-corrected chi connectivity index (χ0v) is 8.55. The summed E-state index contributed by atoms with van der Waals surface area (Å²) in [5.41, 5.74) is 0. The van der Waals surface area contributed by atoms with Gasteiger partial charge < -0.3 is 13.3 Å². The van der Waals surface area contributed by atoms with Crippen LogP contribution in [0.1, 0.15) is 0 Å². The van der Waals surface area contributed by atoms with E-state index in [-0.39, 0.29) is 0 Å². The Morgan fingerprint density at radius 3 is 1.75 bits per heavy atom. The van der Waals surface area contributed by atoms with Gasteiger partial charge in [-0.2, -0.15) is 0 Å². The molecule has 0 atom stereocenters. The molecule has 0 N–H and O–H groups in total. The third kappa shape index (κ3) is 1.98. The molecule has 0 unspecified atom stereocenters. The van der Waals surface area contributed by atoms with Crippen LogP contribution in [0.2, 0.25) is 0 Å². The van der Waals surface area contributed by atoms with Crippen LogP contribution in [0.15, 0.2) is 0 Å². The highest BCUT2D eigenvalue weighted by Gasteiger charge is 2.42. The van der Waals surface area contributed by atoms with E-state index >= 15 is 0 Å². The van der Waals surface area contributed by atoms with E-state index in [4.69, 9.17) is 24.4 Å². The SMILES string of the molecule is Cl[Si]12OCCN(CCO1)CCO2. The standard InChI is InChI=1S/C6H12ClNO3Si/c7-12-9-4-1-8(2-5-10-12)3-6-11-12/h1-6H2. The molecular weight excluding hydrogens is 198 g/mol. The Labute approximate surface area is 77.4 Å². The van der Waals surface area contributed by atoms with E-state index < -0.39 is 8.11 Å². The minimum Gasteiger partial charge on any atom is -0.360 e. The lowest BCUT2D eigenvalue weighted by Crippen LogP contribution is -2.51. The predicted octanol–water partition coefficient (Wildman–Crippen LogP) is 0.0398. The molecular formula is C6H12ClNO3Si. The van der Waals surface area contributed by atoms with Gasteiger partial charge in [0.2, 0.25) is 0 Å². The van der Waals surface area contributed by atoms with Gasteiger partial charge in [-0.3, -0.25) is 4.90 Å². The molecule has 3 heterocycles. The van der Waals surface area contributed by atoms with Gasteiger partial charge in [-0.15, -0.1) is 0 Å². The normalized spacial score (nSPS) is 43.2. The summed E-state index contributed by atoms with van der Waals surface area (Å²) in [7, 11) is -2.74. The van der Waals surface area contributed by atoms with Crippen LogP contribution in [0.25, 0.3) is 0 Å². The van der Waals surface area contributed by atoms with Gasteiger partial charge in [0.15, 0.2) is 0 Å². The van der Waals surface area contributed by atoms with Crippen LogP contribution >= 0.6 is 11.1 Å². The Morgan fingerprint density at radius 2 is 1.33 bits per heavy atom. The van der Waals surface area contributed by atoms with E-state index in [2.05, 4.69) is 4.90 Å². The van der Waals surface area contributed by atoms with Crippen molar-refractivity contribution in [3.63, 3.8) is 0 Å². The van der Waals surface area contributed by atoms with Crippen LogP contribution in [-0.4, -0.2) is 52.5 Å². The van der Waals surface area contributed by atoms with Crippen molar-refractivity contribution in [3.05, 3.63) is 0 Å². The van der Waals surface area contributed by atoms with Gasteiger partial charge in [0.05, 0.1) is 19.8 Å². The fraction of sp³-hybridized carbons (Fsp3) is 1.00. The molecule has 0 spiro atoms. The summed E-state index contributed by atoms with van der Waals surface area (Å²) in [5, 5.41) is 0. The number of hydrogen-bond donors (Lipinski definition) is 0. The van der Waals surface area contributed by atoms with Gasteiger partial charge in [-0.1, -0.05) is 11.1 Å². The molecule has 3 saturated heterocycles. The van der Waals surface area contributed by atoms with Crippen molar-refractivity contribution in [1.29, 1.82) is 0 Å². The zero-order valence-electron chi connectivity index (χ0n) is 6.79. The molecule has 2 bridgehead atoms. The Bertz CT molecular complexity index is 144. The second kappa shape index (κ2) is 3.61. The first-order chi connectivity index (χ1) is 5.79. The lowest BCUT2D eigenvalue weighted by atomic mass is 10.4. The lowest BCUT2D eigenvalue weighted by molar-refractivity contribution is 0.00707. The first-order valence-electron chi connectivity index (χ1n) is 4.12. The Morgan fingerprint density at radius 1 is 0.917 bits per heavy atom. The van der Waals surface area contributed by atoms with Crippen LogP contribution in [0.3, 0.4) is 0 Å². The molecule has 0 amide bonds. The third-order valence-electron chi connectivity index (χ3n) is 2.05. The van der Waals surface area contributed by atoms with Crippen molar-refractivity contribution in [3.8, 4) is 0 Å². The van der Waals surface area contributed by atoms with Crippen LogP contribution in [0.5, 0.6) is 0 Å². The van der Waals surface area contributed by atoms with Gasteiger partial charge in [0.1, 0.15) is 0 Å². The summed E-state index contributed by atoms with van der Waals surface area (Å²) >= 11 is 6.03. The van der Waals surface area contributed by atoms with Crippen molar-refractivity contribution in [2.75, 3.05) is 39.5 Å². The van der Waals surface area contributed by atoms with E-state index in [1.165, 1.54) is 0 Å². The molecule has 6 heteroatoms. The molecule has 3 fully saturated rings. The monoisotopic (exact) mass is 209 g/mol. The maximum Gasteiger partial charge on any atom is 0.613 e. The second-order valence-electron chi connectivity index (χ2n) is 2.87. The van der Waals surface area contributed by atoms with Gasteiger partial charge in [0.25, 0.3) is 0 Å². The summed E-state index contributed by atoms with van der Waals surface area (Å²) in [6.45, 7) is 4.68. The minimum absolute atomic E-state index is 0.621. The van der Waals surface area contributed by atoms with Gasteiger partial charge in [0, 0.05) is 19.6 Å². The number of fused-ring (bicyclic) bond motifs is 6. The molecule has 70 valence electrons. The van der Waals surface area contributed by atoms with Gasteiger partial charge in [-0.25, -0.2) is 0 Å². The first-order valence-corrected chi connectivity index (χ1v) is 6.85. The van der Waals surface area contributed by atoms with Crippen LogP contribution in [-0.2, 0) is 13.3 Å². The topological polar surface area (TPSA) is 30.9 Å². The average molecular weight is 210 g/mol. The molecule has 3 aliphatic rings. The second-order valence-corrected chi connectivity index (χ2v) is 6.09. The highest BCUT2D eigenvalue weighted by Crippen LogP contribution is 2.18. The molecule has 0 radical (unpaired) electrons. The van der Waals surface area contributed by atoms with Crippen LogP contribution in [0.4, 0.5) is 0 Å². The summed E-state index contributed by atoms with van der Waals surface area (Å²) in [6, 6.07) is 0. The molecule has 3 aliphatic heterocycles. The van der Waals surface area contributed by atoms with E-state index in [9.17, 15) is 0 Å². The van der Waals surface area contributed by atoms with Gasteiger partial charge in [-0.05, 0) is 0 Å².